The van der Waals surface area contributed by atoms with Gasteiger partial charge < -0.3 is 33.9 Å². The highest BCUT2D eigenvalue weighted by atomic mass is 16.5. The number of hydrogen-bond acceptors (Lipinski definition) is 7. The van der Waals surface area contributed by atoms with Gasteiger partial charge in [-0.1, -0.05) is 0 Å². The molecule has 1 aliphatic rings. The summed E-state index contributed by atoms with van der Waals surface area (Å²) in [4.78, 5) is 27.8. The van der Waals surface area contributed by atoms with Gasteiger partial charge in [0.25, 0.3) is 11.8 Å². The highest BCUT2D eigenvalue weighted by Crippen LogP contribution is 2.32. The van der Waals surface area contributed by atoms with Crippen molar-refractivity contribution in [2.75, 3.05) is 33.8 Å². The van der Waals surface area contributed by atoms with Gasteiger partial charge in [-0.15, -0.1) is 0 Å². The Morgan fingerprint density at radius 3 is 2.27 bits per heavy atom. The third-order valence-corrected chi connectivity index (χ3v) is 6.11. The SMILES string of the molecule is COc1cc(OC)cc(C(=O)Nc2ccc3c(c2)CN(Cc2ccc(OC)cc2OC)C(=O)C(C)O3)c1. The van der Waals surface area contributed by atoms with E-state index in [9.17, 15) is 9.59 Å². The first-order valence-electron chi connectivity index (χ1n) is 11.7. The molecule has 0 spiro atoms. The fraction of sp³-hybridized carbons (Fsp3) is 0.286. The van der Waals surface area contributed by atoms with Gasteiger partial charge in [0.15, 0.2) is 6.10 Å². The van der Waals surface area contributed by atoms with Crippen LogP contribution < -0.4 is 29.0 Å². The van der Waals surface area contributed by atoms with Crippen LogP contribution >= 0.6 is 0 Å². The minimum Gasteiger partial charge on any atom is -0.497 e. The molecule has 1 atom stereocenters. The summed E-state index contributed by atoms with van der Waals surface area (Å²) in [6, 6.07) is 15.8. The van der Waals surface area contributed by atoms with Crippen molar-refractivity contribution in [1.29, 1.82) is 0 Å². The van der Waals surface area contributed by atoms with Gasteiger partial charge in [-0.05, 0) is 49.4 Å². The van der Waals surface area contributed by atoms with E-state index in [0.29, 0.717) is 53.1 Å². The average Bonchev–Trinajstić information content (AvgIpc) is 3.03. The molecule has 0 bridgehead atoms. The summed E-state index contributed by atoms with van der Waals surface area (Å²) in [7, 11) is 6.22. The summed E-state index contributed by atoms with van der Waals surface area (Å²) in [5.41, 5.74) is 2.56. The number of nitrogens with one attached hydrogen (secondary N) is 1. The van der Waals surface area contributed by atoms with Crippen molar-refractivity contribution in [2.45, 2.75) is 26.1 Å². The predicted octanol–water partition coefficient (Wildman–Crippen LogP) is 4.28. The van der Waals surface area contributed by atoms with Crippen molar-refractivity contribution >= 4 is 17.5 Å². The normalized spacial score (nSPS) is 14.7. The third-order valence-electron chi connectivity index (χ3n) is 6.11. The van der Waals surface area contributed by atoms with E-state index in [4.69, 9.17) is 23.7 Å². The predicted molar refractivity (Wildman–Crippen MR) is 138 cm³/mol. The van der Waals surface area contributed by atoms with Crippen LogP contribution in [-0.2, 0) is 17.9 Å². The van der Waals surface area contributed by atoms with Crippen LogP contribution in [0, 0.1) is 0 Å². The molecule has 0 aliphatic carbocycles. The van der Waals surface area contributed by atoms with E-state index in [-0.39, 0.29) is 11.8 Å². The lowest BCUT2D eigenvalue weighted by molar-refractivity contribution is -0.138. The van der Waals surface area contributed by atoms with Gasteiger partial charge >= 0.3 is 0 Å². The molecule has 2 amide bonds. The van der Waals surface area contributed by atoms with Crippen molar-refractivity contribution in [3.8, 4) is 28.7 Å². The Balaban J connectivity index is 1.58. The van der Waals surface area contributed by atoms with E-state index >= 15 is 0 Å². The first kappa shape index (κ1) is 25.7. The maximum absolute atomic E-state index is 13.2. The largest absolute Gasteiger partial charge is 0.497 e. The Morgan fingerprint density at radius 1 is 0.919 bits per heavy atom. The second kappa shape index (κ2) is 11.1. The zero-order valence-corrected chi connectivity index (χ0v) is 21.5. The molecular weight excluding hydrogens is 476 g/mol. The maximum atomic E-state index is 13.2. The monoisotopic (exact) mass is 506 g/mol. The van der Waals surface area contributed by atoms with Crippen LogP contribution in [0.5, 0.6) is 28.7 Å². The molecule has 37 heavy (non-hydrogen) atoms. The van der Waals surface area contributed by atoms with Gasteiger partial charge in [-0.2, -0.15) is 0 Å². The van der Waals surface area contributed by atoms with Crippen LogP contribution in [0.3, 0.4) is 0 Å². The van der Waals surface area contributed by atoms with Crippen molar-refractivity contribution in [3.05, 3.63) is 71.3 Å². The molecule has 0 saturated carbocycles. The minimum absolute atomic E-state index is 0.150. The molecule has 0 fully saturated rings. The third kappa shape index (κ3) is 5.72. The number of nitrogens with zero attached hydrogens (tertiary/aromatic N) is 1. The Labute approximate surface area is 215 Å². The van der Waals surface area contributed by atoms with Gasteiger partial charge in [-0.25, -0.2) is 0 Å². The zero-order chi connectivity index (χ0) is 26.5. The zero-order valence-electron chi connectivity index (χ0n) is 21.5. The number of rotatable bonds is 8. The Bertz CT molecular complexity index is 1290. The lowest BCUT2D eigenvalue weighted by Crippen LogP contribution is -2.37. The number of hydrogen-bond donors (Lipinski definition) is 1. The van der Waals surface area contributed by atoms with E-state index in [2.05, 4.69) is 5.32 Å². The average molecular weight is 507 g/mol. The van der Waals surface area contributed by atoms with Gasteiger partial charge in [0.1, 0.15) is 28.7 Å². The highest BCUT2D eigenvalue weighted by molar-refractivity contribution is 6.05. The molecule has 1 N–H and O–H groups in total. The molecule has 9 nitrogen and oxygen atoms in total. The Morgan fingerprint density at radius 2 is 1.62 bits per heavy atom. The van der Waals surface area contributed by atoms with E-state index < -0.39 is 6.10 Å². The van der Waals surface area contributed by atoms with Crippen molar-refractivity contribution in [1.82, 2.24) is 4.90 Å². The van der Waals surface area contributed by atoms with Crippen LogP contribution in [0.15, 0.2) is 54.6 Å². The second-order valence-electron chi connectivity index (χ2n) is 8.51. The Hall–Kier alpha value is -4.40. The summed E-state index contributed by atoms with van der Waals surface area (Å²) >= 11 is 0. The van der Waals surface area contributed by atoms with Crippen molar-refractivity contribution < 1.29 is 33.3 Å². The molecule has 1 aliphatic heterocycles. The van der Waals surface area contributed by atoms with E-state index in [0.717, 1.165) is 11.1 Å². The molecule has 3 aromatic rings. The molecule has 0 saturated heterocycles. The molecule has 1 heterocycles. The van der Waals surface area contributed by atoms with Crippen LogP contribution in [-0.4, -0.2) is 51.3 Å². The summed E-state index contributed by atoms with van der Waals surface area (Å²) in [6.07, 6.45) is -0.671. The number of anilines is 1. The Kier molecular flexibility index (Phi) is 7.71. The van der Waals surface area contributed by atoms with Gasteiger partial charge in [0, 0.05) is 47.6 Å². The number of fused-ring (bicyclic) bond motifs is 1. The second-order valence-corrected chi connectivity index (χ2v) is 8.51. The molecule has 194 valence electrons. The topological polar surface area (TPSA) is 95.6 Å². The fourth-order valence-electron chi connectivity index (χ4n) is 4.14. The number of benzene rings is 3. The maximum Gasteiger partial charge on any atom is 0.263 e. The van der Waals surface area contributed by atoms with E-state index in [1.807, 2.05) is 18.2 Å². The summed E-state index contributed by atoms with van der Waals surface area (Å²) in [5.74, 6) is 2.43. The molecule has 1 unspecified atom stereocenters. The standard InChI is InChI=1S/C28H30N2O7/c1-17-28(32)30(15-18-6-8-22(33-2)14-26(18)36-5)16-20-10-21(7-9-25(20)37-17)29-27(31)19-11-23(34-3)13-24(12-19)35-4/h6-14,17H,15-16H2,1-5H3,(H,29,31). The summed E-state index contributed by atoms with van der Waals surface area (Å²) in [5, 5.41) is 2.91. The molecule has 3 aromatic carbocycles. The molecule has 0 radical (unpaired) electrons. The van der Waals surface area contributed by atoms with E-state index in [1.165, 1.54) is 14.2 Å². The highest BCUT2D eigenvalue weighted by Gasteiger charge is 2.29. The summed E-state index contributed by atoms with van der Waals surface area (Å²) < 4.78 is 27.3. The van der Waals surface area contributed by atoms with Crippen LogP contribution in [0.25, 0.3) is 0 Å². The lowest BCUT2D eigenvalue weighted by Gasteiger charge is -2.23. The van der Waals surface area contributed by atoms with Gasteiger partial charge in [-0.3, -0.25) is 9.59 Å². The molecular formula is C28H30N2O7. The van der Waals surface area contributed by atoms with Crippen LogP contribution in [0.4, 0.5) is 5.69 Å². The van der Waals surface area contributed by atoms with Crippen molar-refractivity contribution in [2.24, 2.45) is 0 Å². The number of methoxy groups -OCH3 is 4. The first-order valence-corrected chi connectivity index (χ1v) is 11.7. The molecule has 0 aromatic heterocycles. The number of carbonyl (C=O) groups excluding carboxylic acids is 2. The van der Waals surface area contributed by atoms with Crippen LogP contribution in [0.2, 0.25) is 0 Å². The first-order chi connectivity index (χ1) is 17.8. The number of amides is 2. The quantitative estimate of drug-likeness (QED) is 0.487. The van der Waals surface area contributed by atoms with Crippen LogP contribution in [0.1, 0.15) is 28.4 Å². The van der Waals surface area contributed by atoms with E-state index in [1.54, 1.807) is 62.4 Å². The molecule has 4 rings (SSSR count). The van der Waals surface area contributed by atoms with Gasteiger partial charge in [0.2, 0.25) is 0 Å². The fourth-order valence-corrected chi connectivity index (χ4v) is 4.14. The smallest absolute Gasteiger partial charge is 0.263 e. The summed E-state index contributed by atoms with van der Waals surface area (Å²) in [6.45, 7) is 2.34. The number of carbonyl (C=O) groups is 2. The minimum atomic E-state index is -0.671. The number of ether oxygens (including phenoxy) is 5. The lowest BCUT2D eigenvalue weighted by atomic mass is 10.1. The molecule has 9 heteroatoms. The van der Waals surface area contributed by atoms with Gasteiger partial charge in [0.05, 0.1) is 28.4 Å². The van der Waals surface area contributed by atoms with Crippen molar-refractivity contribution in [3.63, 3.8) is 0 Å².